The molecule has 0 bridgehead atoms. The third kappa shape index (κ3) is 5.90. The number of benzene rings is 2. The van der Waals surface area contributed by atoms with Crippen molar-refractivity contribution in [3.8, 4) is 11.5 Å². The van der Waals surface area contributed by atoms with Crippen molar-refractivity contribution in [3.63, 3.8) is 0 Å². The quantitative estimate of drug-likeness (QED) is 0.346. The number of rotatable bonds is 11. The first-order valence-electron chi connectivity index (χ1n) is 13.7. The van der Waals surface area contributed by atoms with Crippen LogP contribution in [0, 0.1) is 11.3 Å². The van der Waals surface area contributed by atoms with Gasteiger partial charge in [0.1, 0.15) is 11.5 Å². The largest absolute Gasteiger partial charge is 0.496 e. The van der Waals surface area contributed by atoms with Crippen LogP contribution in [0.25, 0.3) is 0 Å². The maximum Gasteiger partial charge on any atom is 0.150 e. The molecular weight excluding hydrogens is 478 g/mol. The number of aromatic nitrogens is 1. The van der Waals surface area contributed by atoms with Gasteiger partial charge in [-0.05, 0) is 36.3 Å². The first kappa shape index (κ1) is 26.7. The van der Waals surface area contributed by atoms with Crippen LogP contribution >= 0.6 is 0 Å². The zero-order valence-corrected chi connectivity index (χ0v) is 23.2. The van der Waals surface area contributed by atoms with E-state index in [1.54, 1.807) is 14.2 Å². The van der Waals surface area contributed by atoms with E-state index < -0.39 is 0 Å². The second kappa shape index (κ2) is 11.9. The molecule has 3 aromatic rings. The van der Waals surface area contributed by atoms with Crippen molar-refractivity contribution in [2.24, 2.45) is 11.3 Å². The zero-order valence-electron chi connectivity index (χ0n) is 23.2. The van der Waals surface area contributed by atoms with Crippen LogP contribution in [0.15, 0.2) is 59.1 Å². The summed E-state index contributed by atoms with van der Waals surface area (Å²) in [6.45, 7) is 10.7. The molecule has 0 spiro atoms. The lowest BCUT2D eigenvalue weighted by atomic mass is 9.56. The van der Waals surface area contributed by atoms with Gasteiger partial charge < -0.3 is 18.7 Å². The van der Waals surface area contributed by atoms with Gasteiger partial charge in [-0.15, -0.1) is 0 Å². The molecule has 2 heterocycles. The molecule has 2 aliphatic rings. The van der Waals surface area contributed by atoms with Crippen molar-refractivity contribution in [3.05, 3.63) is 77.2 Å². The van der Waals surface area contributed by atoms with E-state index in [0.29, 0.717) is 12.0 Å². The molecule has 0 radical (unpaired) electrons. The Balaban J connectivity index is 1.30. The highest BCUT2D eigenvalue weighted by Gasteiger charge is 2.50. The van der Waals surface area contributed by atoms with Crippen molar-refractivity contribution in [1.82, 2.24) is 15.0 Å². The highest BCUT2D eigenvalue weighted by atomic mass is 16.5. The number of hydrogen-bond donors (Lipinski definition) is 0. The Morgan fingerprint density at radius 3 is 2.13 bits per heavy atom. The Morgan fingerprint density at radius 1 is 0.947 bits per heavy atom. The van der Waals surface area contributed by atoms with Crippen molar-refractivity contribution < 1.29 is 18.7 Å². The molecule has 7 nitrogen and oxygen atoms in total. The Labute approximate surface area is 226 Å². The monoisotopic (exact) mass is 519 g/mol. The van der Waals surface area contributed by atoms with E-state index >= 15 is 0 Å². The molecule has 2 aromatic carbocycles. The molecule has 1 aromatic heterocycles. The highest BCUT2D eigenvalue weighted by molar-refractivity contribution is 5.35. The topological polar surface area (TPSA) is 60.2 Å². The van der Waals surface area contributed by atoms with Gasteiger partial charge in [-0.25, -0.2) is 0 Å². The molecule has 7 heteroatoms. The molecule has 0 N–H and O–H groups in total. The van der Waals surface area contributed by atoms with Crippen LogP contribution < -0.4 is 9.47 Å². The standard InChI is InChI=1S/C31H41N3O4/c1-31(2)25(17-26-19-27(38-32-26)22-33-13-15-37-16-14-33)18-30(31)34(20-23-9-5-7-11-28(23)35-3)21-24-10-6-8-12-29(24)36-4/h5-12,19,25,30H,13-18,20-22H2,1-4H3/t25-,30+/m1/s1. The molecule has 1 saturated heterocycles. The Morgan fingerprint density at radius 2 is 1.55 bits per heavy atom. The van der Waals surface area contributed by atoms with Gasteiger partial charge in [0, 0.05) is 49.4 Å². The number of morpholine rings is 1. The molecule has 0 unspecified atom stereocenters. The van der Waals surface area contributed by atoms with Gasteiger partial charge in [-0.2, -0.15) is 0 Å². The van der Waals surface area contributed by atoms with Crippen LogP contribution in [0.5, 0.6) is 11.5 Å². The number of methoxy groups -OCH3 is 2. The summed E-state index contributed by atoms with van der Waals surface area (Å²) < 4.78 is 22.6. The predicted octanol–water partition coefficient (Wildman–Crippen LogP) is 5.18. The number of nitrogens with zero attached hydrogens (tertiary/aromatic N) is 3. The van der Waals surface area contributed by atoms with E-state index in [1.165, 1.54) is 11.1 Å². The van der Waals surface area contributed by atoms with Gasteiger partial charge in [-0.1, -0.05) is 55.4 Å². The van der Waals surface area contributed by atoms with Crippen LogP contribution in [0.1, 0.15) is 42.8 Å². The fourth-order valence-electron chi connectivity index (χ4n) is 6.09. The second-order valence-corrected chi connectivity index (χ2v) is 11.2. The van der Waals surface area contributed by atoms with Gasteiger partial charge in [-0.3, -0.25) is 9.80 Å². The van der Waals surface area contributed by atoms with E-state index in [-0.39, 0.29) is 5.41 Å². The first-order chi connectivity index (χ1) is 18.5. The van der Waals surface area contributed by atoms with Gasteiger partial charge >= 0.3 is 0 Å². The molecule has 1 saturated carbocycles. The van der Waals surface area contributed by atoms with Crippen molar-refractivity contribution in [1.29, 1.82) is 0 Å². The summed E-state index contributed by atoms with van der Waals surface area (Å²) >= 11 is 0. The van der Waals surface area contributed by atoms with Gasteiger partial charge in [0.15, 0.2) is 5.76 Å². The predicted molar refractivity (Wildman–Crippen MR) is 147 cm³/mol. The summed E-state index contributed by atoms with van der Waals surface area (Å²) in [4.78, 5) is 4.96. The summed E-state index contributed by atoms with van der Waals surface area (Å²) in [5, 5.41) is 4.44. The molecule has 2 atom stereocenters. The van der Waals surface area contributed by atoms with Crippen molar-refractivity contribution >= 4 is 0 Å². The highest BCUT2D eigenvalue weighted by Crippen LogP contribution is 2.51. The van der Waals surface area contributed by atoms with E-state index in [0.717, 1.165) is 81.7 Å². The molecule has 38 heavy (non-hydrogen) atoms. The minimum absolute atomic E-state index is 0.118. The van der Waals surface area contributed by atoms with E-state index in [4.69, 9.17) is 18.7 Å². The number of para-hydroxylation sites is 2. The SMILES string of the molecule is COc1ccccc1CN(Cc1ccccc1OC)[C@H]1C[C@@H](Cc2cc(CN3CCOCC3)on2)C1(C)C. The Bertz CT molecular complexity index is 1140. The summed E-state index contributed by atoms with van der Waals surface area (Å²) in [5.74, 6) is 3.35. The molecular formula is C31H41N3O4. The average Bonchev–Trinajstić information content (AvgIpc) is 3.38. The molecule has 2 fully saturated rings. The van der Waals surface area contributed by atoms with Crippen molar-refractivity contribution in [2.75, 3.05) is 40.5 Å². The van der Waals surface area contributed by atoms with Gasteiger partial charge in [0.05, 0.1) is 39.7 Å². The minimum atomic E-state index is 0.118. The fraction of sp³-hybridized carbons (Fsp3) is 0.516. The molecule has 0 amide bonds. The lowest BCUT2D eigenvalue weighted by molar-refractivity contribution is -0.0715. The lowest BCUT2D eigenvalue weighted by Crippen LogP contribution is -2.58. The molecule has 1 aliphatic heterocycles. The Kier molecular flexibility index (Phi) is 8.36. The van der Waals surface area contributed by atoms with Crippen LogP contribution in [-0.2, 0) is 30.8 Å². The zero-order chi connectivity index (χ0) is 26.5. The average molecular weight is 520 g/mol. The maximum absolute atomic E-state index is 5.72. The van der Waals surface area contributed by atoms with E-state index in [1.807, 2.05) is 24.3 Å². The summed E-state index contributed by atoms with van der Waals surface area (Å²) in [6.07, 6.45) is 2.05. The fourth-order valence-corrected chi connectivity index (χ4v) is 6.09. The lowest BCUT2D eigenvalue weighted by Gasteiger charge is -2.57. The normalized spacial score (nSPS) is 21.3. The van der Waals surface area contributed by atoms with Gasteiger partial charge in [0.2, 0.25) is 0 Å². The van der Waals surface area contributed by atoms with Crippen LogP contribution in [-0.4, -0.2) is 61.5 Å². The van der Waals surface area contributed by atoms with E-state index in [2.05, 4.69) is 59.1 Å². The third-order valence-electron chi connectivity index (χ3n) is 8.54. The number of ether oxygens (including phenoxy) is 3. The third-order valence-corrected chi connectivity index (χ3v) is 8.54. The molecule has 5 rings (SSSR count). The van der Waals surface area contributed by atoms with Crippen molar-refractivity contribution in [2.45, 2.75) is 52.4 Å². The van der Waals surface area contributed by atoms with Crippen LogP contribution in [0.2, 0.25) is 0 Å². The van der Waals surface area contributed by atoms with Crippen LogP contribution in [0.3, 0.4) is 0 Å². The molecule has 204 valence electrons. The van der Waals surface area contributed by atoms with Gasteiger partial charge in [0.25, 0.3) is 0 Å². The van der Waals surface area contributed by atoms with E-state index in [9.17, 15) is 0 Å². The summed E-state index contributed by atoms with van der Waals surface area (Å²) in [7, 11) is 3.50. The summed E-state index contributed by atoms with van der Waals surface area (Å²) in [6, 6.07) is 19.2. The Hall–Kier alpha value is -2.87. The minimum Gasteiger partial charge on any atom is -0.496 e. The molecule has 1 aliphatic carbocycles. The summed E-state index contributed by atoms with van der Waals surface area (Å²) in [5.41, 5.74) is 3.58. The number of hydrogen-bond acceptors (Lipinski definition) is 7. The maximum atomic E-state index is 5.72. The first-order valence-corrected chi connectivity index (χ1v) is 13.7. The van der Waals surface area contributed by atoms with Crippen LogP contribution in [0.4, 0.5) is 0 Å². The smallest absolute Gasteiger partial charge is 0.150 e. The second-order valence-electron chi connectivity index (χ2n) is 11.2.